The number of anilines is 1. The van der Waals surface area contributed by atoms with Crippen LogP contribution in [0.4, 0.5) is 5.69 Å². The zero-order chi connectivity index (χ0) is 17.1. The summed E-state index contributed by atoms with van der Waals surface area (Å²) in [7, 11) is 0. The van der Waals surface area contributed by atoms with Gasteiger partial charge in [-0.05, 0) is 43.4 Å². The van der Waals surface area contributed by atoms with Gasteiger partial charge in [-0.2, -0.15) is 0 Å². The average Bonchev–Trinajstić information content (AvgIpc) is 3.21. The van der Waals surface area contributed by atoms with Gasteiger partial charge >= 0.3 is 0 Å². The fourth-order valence-corrected chi connectivity index (χ4v) is 4.00. The van der Waals surface area contributed by atoms with Gasteiger partial charge in [0.2, 0.25) is 11.8 Å². The molecule has 2 amide bonds. The van der Waals surface area contributed by atoms with Crippen molar-refractivity contribution in [1.29, 1.82) is 0 Å². The van der Waals surface area contributed by atoms with Crippen LogP contribution in [0.3, 0.4) is 0 Å². The average molecular weight is 366 g/mol. The largest absolute Gasteiger partial charge is 0.353 e. The van der Waals surface area contributed by atoms with E-state index in [1.807, 2.05) is 24.3 Å². The van der Waals surface area contributed by atoms with Gasteiger partial charge < -0.3 is 16.0 Å². The highest BCUT2D eigenvalue weighted by atomic mass is 35.5. The molecule has 3 unspecified atom stereocenters. The number of rotatable bonds is 5. The van der Waals surface area contributed by atoms with Gasteiger partial charge in [-0.25, -0.2) is 0 Å². The molecule has 0 radical (unpaired) electrons. The number of aryl methyl sites for hydroxylation is 1. The van der Waals surface area contributed by atoms with Gasteiger partial charge in [0.15, 0.2) is 0 Å². The number of hydrogen-bond donors (Lipinski definition) is 2. The van der Waals surface area contributed by atoms with Crippen molar-refractivity contribution in [2.75, 3.05) is 18.0 Å². The molecule has 2 aliphatic rings. The lowest BCUT2D eigenvalue weighted by Gasteiger charge is -2.22. The number of carbonyl (C=O) groups is 2. The van der Waals surface area contributed by atoms with Gasteiger partial charge in [0.1, 0.15) is 0 Å². The predicted octanol–water partition coefficient (Wildman–Crippen LogP) is 2.27. The number of halogens is 1. The van der Waals surface area contributed by atoms with Gasteiger partial charge in [0, 0.05) is 24.7 Å². The standard InChI is InChI=1S/C19H27N3O2.ClH/c1-2-13-6-3-4-9-17(13)22-12-15(10-18(22)23)19(24)21-16-8-5-7-14(16)11-20;/h3-4,6,9,14-16H,2,5,7-8,10-12,20H2,1H3,(H,21,24);1H. The predicted molar refractivity (Wildman–Crippen MR) is 102 cm³/mol. The molecule has 1 saturated carbocycles. The maximum absolute atomic E-state index is 12.6. The fraction of sp³-hybridized carbons (Fsp3) is 0.579. The minimum Gasteiger partial charge on any atom is -0.353 e. The van der Waals surface area contributed by atoms with E-state index in [9.17, 15) is 9.59 Å². The van der Waals surface area contributed by atoms with Crippen LogP contribution < -0.4 is 16.0 Å². The minimum atomic E-state index is -0.263. The molecule has 0 aromatic heterocycles. The first-order chi connectivity index (χ1) is 11.6. The van der Waals surface area contributed by atoms with Crippen LogP contribution >= 0.6 is 12.4 Å². The number of amides is 2. The normalized spacial score (nSPS) is 25.8. The van der Waals surface area contributed by atoms with Crippen molar-refractivity contribution in [1.82, 2.24) is 5.32 Å². The molecule has 138 valence electrons. The van der Waals surface area contributed by atoms with Crippen LogP contribution in [0.25, 0.3) is 0 Å². The molecular weight excluding hydrogens is 338 g/mol. The lowest BCUT2D eigenvalue weighted by Crippen LogP contribution is -2.43. The van der Waals surface area contributed by atoms with Gasteiger partial charge in [-0.1, -0.05) is 31.5 Å². The lowest BCUT2D eigenvalue weighted by atomic mass is 10.0. The summed E-state index contributed by atoms with van der Waals surface area (Å²) in [4.78, 5) is 26.8. The Labute approximate surface area is 155 Å². The zero-order valence-corrected chi connectivity index (χ0v) is 15.6. The summed E-state index contributed by atoms with van der Waals surface area (Å²) in [5, 5.41) is 3.15. The summed E-state index contributed by atoms with van der Waals surface area (Å²) < 4.78 is 0. The number of benzene rings is 1. The van der Waals surface area contributed by atoms with Crippen LogP contribution in [0, 0.1) is 11.8 Å². The minimum absolute atomic E-state index is 0. The highest BCUT2D eigenvalue weighted by Crippen LogP contribution is 2.30. The second-order valence-corrected chi connectivity index (χ2v) is 6.93. The molecule has 1 heterocycles. The summed E-state index contributed by atoms with van der Waals surface area (Å²) in [6, 6.07) is 8.12. The Hall–Kier alpha value is -1.59. The monoisotopic (exact) mass is 365 g/mol. The summed E-state index contributed by atoms with van der Waals surface area (Å²) in [6.45, 7) is 3.17. The molecule has 25 heavy (non-hydrogen) atoms. The summed E-state index contributed by atoms with van der Waals surface area (Å²) in [5.41, 5.74) is 7.88. The van der Waals surface area contributed by atoms with Gasteiger partial charge in [0.25, 0.3) is 0 Å². The zero-order valence-electron chi connectivity index (χ0n) is 14.7. The first-order valence-electron chi connectivity index (χ1n) is 9.02. The fourth-order valence-electron chi connectivity index (χ4n) is 4.00. The number of para-hydroxylation sites is 1. The Bertz CT molecular complexity index is 622. The van der Waals surface area contributed by atoms with Crippen molar-refractivity contribution in [3.63, 3.8) is 0 Å². The highest BCUT2D eigenvalue weighted by Gasteiger charge is 2.37. The van der Waals surface area contributed by atoms with E-state index >= 15 is 0 Å². The maximum atomic E-state index is 12.6. The molecule has 1 aromatic rings. The van der Waals surface area contributed by atoms with Crippen molar-refractivity contribution < 1.29 is 9.59 Å². The van der Waals surface area contributed by atoms with E-state index in [1.54, 1.807) is 4.90 Å². The van der Waals surface area contributed by atoms with E-state index < -0.39 is 0 Å². The number of hydrogen-bond acceptors (Lipinski definition) is 3. The SMILES string of the molecule is CCc1ccccc1N1CC(C(=O)NC2CCCC2CN)CC1=O.Cl. The molecule has 6 heteroatoms. The van der Waals surface area contributed by atoms with E-state index in [-0.39, 0.29) is 36.2 Å². The van der Waals surface area contributed by atoms with E-state index in [2.05, 4.69) is 12.2 Å². The van der Waals surface area contributed by atoms with E-state index in [0.717, 1.165) is 36.9 Å². The number of nitrogens with one attached hydrogen (secondary N) is 1. The third-order valence-corrected chi connectivity index (χ3v) is 5.45. The second kappa shape index (κ2) is 8.68. The van der Waals surface area contributed by atoms with E-state index in [1.165, 1.54) is 0 Å². The maximum Gasteiger partial charge on any atom is 0.227 e. The van der Waals surface area contributed by atoms with Crippen molar-refractivity contribution in [3.8, 4) is 0 Å². The third-order valence-electron chi connectivity index (χ3n) is 5.45. The van der Waals surface area contributed by atoms with Crippen molar-refractivity contribution in [2.45, 2.75) is 45.1 Å². The molecule has 1 aromatic carbocycles. The Morgan fingerprint density at radius 1 is 1.32 bits per heavy atom. The molecule has 5 nitrogen and oxygen atoms in total. The van der Waals surface area contributed by atoms with Gasteiger partial charge in [-0.15, -0.1) is 12.4 Å². The van der Waals surface area contributed by atoms with Crippen molar-refractivity contribution in [3.05, 3.63) is 29.8 Å². The van der Waals surface area contributed by atoms with E-state index in [0.29, 0.717) is 25.4 Å². The summed E-state index contributed by atoms with van der Waals surface area (Å²) in [5.74, 6) is 0.160. The topological polar surface area (TPSA) is 75.4 Å². The summed E-state index contributed by atoms with van der Waals surface area (Å²) in [6.07, 6.45) is 4.37. The Morgan fingerprint density at radius 2 is 2.08 bits per heavy atom. The van der Waals surface area contributed by atoms with Crippen LogP contribution in [-0.2, 0) is 16.0 Å². The molecular formula is C19H28ClN3O2. The lowest BCUT2D eigenvalue weighted by molar-refractivity contribution is -0.127. The third kappa shape index (κ3) is 4.15. The van der Waals surface area contributed by atoms with Gasteiger partial charge in [-0.3, -0.25) is 9.59 Å². The number of nitrogens with two attached hydrogens (primary N) is 1. The van der Waals surface area contributed by atoms with Crippen molar-refractivity contribution in [2.24, 2.45) is 17.6 Å². The number of nitrogens with zero attached hydrogens (tertiary/aromatic N) is 1. The number of carbonyl (C=O) groups excluding carboxylic acids is 2. The first-order valence-corrected chi connectivity index (χ1v) is 9.02. The Balaban J connectivity index is 0.00000225. The van der Waals surface area contributed by atoms with Crippen LogP contribution in [0.1, 0.15) is 38.2 Å². The summed E-state index contributed by atoms with van der Waals surface area (Å²) >= 11 is 0. The molecule has 3 N–H and O–H groups in total. The van der Waals surface area contributed by atoms with Crippen LogP contribution in [-0.4, -0.2) is 30.9 Å². The van der Waals surface area contributed by atoms with E-state index in [4.69, 9.17) is 5.73 Å². The molecule has 1 aliphatic carbocycles. The van der Waals surface area contributed by atoms with Crippen LogP contribution in [0.2, 0.25) is 0 Å². The molecule has 2 fully saturated rings. The molecule has 0 bridgehead atoms. The quantitative estimate of drug-likeness (QED) is 0.840. The first kappa shape index (κ1) is 19.7. The molecule has 3 rings (SSSR count). The van der Waals surface area contributed by atoms with Gasteiger partial charge in [0.05, 0.1) is 5.92 Å². The Kier molecular flexibility index (Phi) is 6.85. The second-order valence-electron chi connectivity index (χ2n) is 6.93. The van der Waals surface area contributed by atoms with Crippen molar-refractivity contribution >= 4 is 29.9 Å². The highest BCUT2D eigenvalue weighted by molar-refractivity contribution is 6.00. The van der Waals surface area contributed by atoms with Crippen LogP contribution in [0.5, 0.6) is 0 Å². The smallest absolute Gasteiger partial charge is 0.227 e. The molecule has 1 aliphatic heterocycles. The molecule has 3 atom stereocenters. The molecule has 0 spiro atoms. The van der Waals surface area contributed by atoms with Crippen LogP contribution in [0.15, 0.2) is 24.3 Å². The Morgan fingerprint density at radius 3 is 2.80 bits per heavy atom. The molecule has 1 saturated heterocycles.